The van der Waals surface area contributed by atoms with Gasteiger partial charge in [0.05, 0.1) is 0 Å². The van der Waals surface area contributed by atoms with Crippen LogP contribution in [0.5, 0.6) is 0 Å². The number of nitrogens with zero attached hydrogens (tertiary/aromatic N) is 1. The fourth-order valence-electron chi connectivity index (χ4n) is 3.22. The van der Waals surface area contributed by atoms with E-state index in [0.717, 1.165) is 19.4 Å². The molecule has 0 bridgehead atoms. The zero-order chi connectivity index (χ0) is 13.8. The van der Waals surface area contributed by atoms with Gasteiger partial charge in [0, 0.05) is 25.2 Å². The second-order valence-electron chi connectivity index (χ2n) is 5.73. The van der Waals surface area contributed by atoms with Gasteiger partial charge in [-0.3, -0.25) is 0 Å². The van der Waals surface area contributed by atoms with Gasteiger partial charge < -0.3 is 10.2 Å². The monoisotopic (exact) mass is 258 g/mol. The molecule has 0 aromatic rings. The molecule has 1 aliphatic carbocycles. The summed E-state index contributed by atoms with van der Waals surface area (Å²) in [5.41, 5.74) is 5.39. The van der Waals surface area contributed by atoms with Crippen molar-refractivity contribution in [2.45, 2.75) is 26.2 Å². The Bertz CT molecular complexity index is 440. The van der Waals surface area contributed by atoms with Gasteiger partial charge in [0.1, 0.15) is 0 Å². The largest absolute Gasteiger partial charge is 0.388 e. The van der Waals surface area contributed by atoms with Gasteiger partial charge in [-0.25, -0.2) is 0 Å². The Morgan fingerprint density at radius 3 is 2.74 bits per heavy atom. The van der Waals surface area contributed by atoms with Crippen molar-refractivity contribution in [2.75, 3.05) is 27.2 Å². The average molecular weight is 258 g/mol. The third-order valence-electron chi connectivity index (χ3n) is 4.11. The highest BCUT2D eigenvalue weighted by Gasteiger charge is 2.26. The molecule has 0 radical (unpaired) electrons. The van der Waals surface area contributed by atoms with Crippen LogP contribution < -0.4 is 5.32 Å². The predicted molar refractivity (Wildman–Crippen MR) is 83.0 cm³/mol. The molecular formula is C17H26N2. The van der Waals surface area contributed by atoms with E-state index in [1.54, 1.807) is 0 Å². The molecule has 0 saturated carbocycles. The maximum absolute atomic E-state index is 4.23. The molecule has 0 amide bonds. The van der Waals surface area contributed by atoms with Crippen LogP contribution in [0.2, 0.25) is 0 Å². The van der Waals surface area contributed by atoms with Crippen LogP contribution >= 0.6 is 0 Å². The lowest BCUT2D eigenvalue weighted by molar-refractivity contribution is 0.405. The number of likely N-dealkylation sites (N-methyl/N-ethyl adjacent to an activating group) is 1. The number of nitrogens with one attached hydrogen (secondary N) is 1. The van der Waals surface area contributed by atoms with E-state index in [1.807, 2.05) is 7.05 Å². The van der Waals surface area contributed by atoms with Crippen LogP contribution in [-0.4, -0.2) is 32.1 Å². The number of hydrogen-bond donors (Lipinski definition) is 1. The second-order valence-corrected chi connectivity index (χ2v) is 5.73. The Hall–Kier alpha value is -1.28. The molecule has 2 nitrogen and oxygen atoms in total. The first kappa shape index (κ1) is 14.1. The molecule has 1 heterocycles. The topological polar surface area (TPSA) is 15.3 Å². The van der Waals surface area contributed by atoms with Crippen molar-refractivity contribution < 1.29 is 0 Å². The van der Waals surface area contributed by atoms with Crippen LogP contribution in [0.4, 0.5) is 0 Å². The molecule has 0 spiro atoms. The SMILES string of the molecule is C=C(C)/C(=C(/NC)C1=CC=CCC1)C1CCN(C)C1. The first-order chi connectivity index (χ1) is 9.13. The Kier molecular flexibility index (Phi) is 4.65. The Balaban J connectivity index is 2.37. The summed E-state index contributed by atoms with van der Waals surface area (Å²) in [6.45, 7) is 8.71. The predicted octanol–water partition coefficient (Wildman–Crippen LogP) is 3.26. The van der Waals surface area contributed by atoms with Crippen molar-refractivity contribution in [2.24, 2.45) is 5.92 Å². The van der Waals surface area contributed by atoms with Crippen LogP contribution in [0, 0.1) is 5.92 Å². The number of likely N-dealkylation sites (tertiary alicyclic amines) is 1. The molecule has 0 aromatic heterocycles. The highest BCUT2D eigenvalue weighted by molar-refractivity contribution is 5.46. The maximum atomic E-state index is 4.23. The van der Waals surface area contributed by atoms with Crippen molar-refractivity contribution in [3.63, 3.8) is 0 Å². The van der Waals surface area contributed by atoms with Gasteiger partial charge in [-0.1, -0.05) is 30.4 Å². The smallest absolute Gasteiger partial charge is 0.0408 e. The average Bonchev–Trinajstić information content (AvgIpc) is 2.82. The van der Waals surface area contributed by atoms with Crippen molar-refractivity contribution >= 4 is 0 Å². The fourth-order valence-corrected chi connectivity index (χ4v) is 3.22. The Labute approximate surface area is 117 Å². The van der Waals surface area contributed by atoms with Crippen LogP contribution in [0.3, 0.4) is 0 Å². The quantitative estimate of drug-likeness (QED) is 0.779. The van der Waals surface area contributed by atoms with E-state index in [9.17, 15) is 0 Å². The van der Waals surface area contributed by atoms with E-state index in [-0.39, 0.29) is 0 Å². The van der Waals surface area contributed by atoms with Gasteiger partial charge in [0.2, 0.25) is 0 Å². The molecule has 1 saturated heterocycles. The van der Waals surface area contributed by atoms with E-state index >= 15 is 0 Å². The first-order valence-corrected chi connectivity index (χ1v) is 7.26. The summed E-state index contributed by atoms with van der Waals surface area (Å²) in [5, 5.41) is 3.44. The third-order valence-corrected chi connectivity index (χ3v) is 4.11. The number of allylic oxidation sites excluding steroid dienone is 5. The first-order valence-electron chi connectivity index (χ1n) is 7.26. The number of rotatable bonds is 4. The molecule has 2 heteroatoms. The lowest BCUT2D eigenvalue weighted by Crippen LogP contribution is -2.20. The highest BCUT2D eigenvalue weighted by Crippen LogP contribution is 2.33. The summed E-state index contributed by atoms with van der Waals surface area (Å²) in [6.07, 6.45) is 10.2. The highest BCUT2D eigenvalue weighted by atomic mass is 15.1. The fraction of sp³-hybridized carbons (Fsp3) is 0.529. The van der Waals surface area contributed by atoms with Gasteiger partial charge in [0.25, 0.3) is 0 Å². The molecular weight excluding hydrogens is 232 g/mol. The lowest BCUT2D eigenvalue weighted by atomic mass is 9.87. The molecule has 19 heavy (non-hydrogen) atoms. The van der Waals surface area contributed by atoms with Crippen LogP contribution in [0.25, 0.3) is 0 Å². The molecule has 1 unspecified atom stereocenters. The van der Waals surface area contributed by atoms with Crippen LogP contribution in [0.15, 0.2) is 47.2 Å². The Morgan fingerprint density at radius 2 is 2.26 bits per heavy atom. The van der Waals surface area contributed by atoms with E-state index in [1.165, 1.54) is 35.4 Å². The third kappa shape index (κ3) is 3.19. The summed E-state index contributed by atoms with van der Waals surface area (Å²) in [6, 6.07) is 0. The molecule has 104 valence electrons. The van der Waals surface area contributed by atoms with Gasteiger partial charge in [-0.2, -0.15) is 0 Å². The molecule has 1 fully saturated rings. The van der Waals surface area contributed by atoms with E-state index < -0.39 is 0 Å². The van der Waals surface area contributed by atoms with Gasteiger partial charge in [-0.15, -0.1) is 0 Å². The molecule has 0 aromatic carbocycles. The molecule has 1 atom stereocenters. The summed E-state index contributed by atoms with van der Waals surface area (Å²) >= 11 is 0. The van der Waals surface area contributed by atoms with Gasteiger partial charge in [0.15, 0.2) is 0 Å². The van der Waals surface area contributed by atoms with Gasteiger partial charge >= 0.3 is 0 Å². The summed E-state index contributed by atoms with van der Waals surface area (Å²) in [5.74, 6) is 0.622. The molecule has 1 N–H and O–H groups in total. The minimum Gasteiger partial charge on any atom is -0.388 e. The maximum Gasteiger partial charge on any atom is 0.0408 e. The molecule has 2 aliphatic rings. The van der Waals surface area contributed by atoms with Crippen LogP contribution in [-0.2, 0) is 0 Å². The standard InChI is InChI=1S/C17H26N2/c1-13(2)16(15-10-11-19(4)12-15)17(18-3)14-8-6-5-7-9-14/h5-6,8,15,18H,1,7,9-12H2,2-4H3/b17-16-. The van der Waals surface area contributed by atoms with Crippen molar-refractivity contribution in [3.8, 4) is 0 Å². The van der Waals surface area contributed by atoms with Crippen molar-refractivity contribution in [1.29, 1.82) is 0 Å². The molecule has 2 rings (SSSR count). The van der Waals surface area contributed by atoms with Crippen molar-refractivity contribution in [1.82, 2.24) is 10.2 Å². The van der Waals surface area contributed by atoms with Gasteiger partial charge in [-0.05, 0) is 50.9 Å². The molecule has 1 aliphatic heterocycles. The minimum atomic E-state index is 0.622. The normalized spacial score (nSPS) is 25.0. The zero-order valence-electron chi connectivity index (χ0n) is 12.5. The van der Waals surface area contributed by atoms with Crippen molar-refractivity contribution in [3.05, 3.63) is 47.2 Å². The number of hydrogen-bond acceptors (Lipinski definition) is 2. The second kappa shape index (κ2) is 6.25. The lowest BCUT2D eigenvalue weighted by Gasteiger charge is -2.23. The van der Waals surface area contributed by atoms with E-state index in [2.05, 4.69) is 49.0 Å². The minimum absolute atomic E-state index is 0.622. The summed E-state index contributed by atoms with van der Waals surface area (Å²) in [7, 11) is 4.24. The van der Waals surface area contributed by atoms with E-state index in [4.69, 9.17) is 0 Å². The Morgan fingerprint density at radius 1 is 1.47 bits per heavy atom. The summed E-state index contributed by atoms with van der Waals surface area (Å²) in [4.78, 5) is 2.41. The van der Waals surface area contributed by atoms with Crippen LogP contribution in [0.1, 0.15) is 26.2 Å². The van der Waals surface area contributed by atoms with E-state index in [0.29, 0.717) is 5.92 Å². The zero-order valence-corrected chi connectivity index (χ0v) is 12.5. The summed E-state index contributed by atoms with van der Waals surface area (Å²) < 4.78 is 0.